The number of rotatable bonds is 5. The van der Waals surface area contributed by atoms with Crippen LogP contribution in [-0.4, -0.2) is 49.0 Å². The van der Waals surface area contributed by atoms with E-state index in [1.807, 2.05) is 0 Å². The van der Waals surface area contributed by atoms with Crippen molar-refractivity contribution in [1.82, 2.24) is 15.2 Å². The highest BCUT2D eigenvalue weighted by molar-refractivity contribution is 5.99. The van der Waals surface area contributed by atoms with Gasteiger partial charge in [-0.2, -0.15) is 0 Å². The van der Waals surface area contributed by atoms with Gasteiger partial charge in [0.05, 0.1) is 17.4 Å². The molecule has 18 heavy (non-hydrogen) atoms. The van der Waals surface area contributed by atoms with Crippen molar-refractivity contribution in [1.29, 1.82) is 0 Å². The fraction of sp³-hybridized carbons (Fsp3) is 0.538. The van der Waals surface area contributed by atoms with E-state index in [1.54, 1.807) is 25.5 Å². The Kier molecular flexibility index (Phi) is 4.52. The Morgan fingerprint density at radius 1 is 1.44 bits per heavy atom. The van der Waals surface area contributed by atoms with E-state index in [-0.39, 0.29) is 5.91 Å². The summed E-state index contributed by atoms with van der Waals surface area (Å²) in [5.41, 5.74) is 1.41. The molecule has 1 fully saturated rings. The number of hydrogen-bond acceptors (Lipinski definition) is 4. The van der Waals surface area contributed by atoms with Crippen molar-refractivity contribution in [2.75, 3.05) is 38.5 Å². The second kappa shape index (κ2) is 6.35. The largest absolute Gasteiger partial charge is 0.386 e. The van der Waals surface area contributed by atoms with Crippen LogP contribution in [0.5, 0.6) is 0 Å². The number of nitrogens with one attached hydrogen (secondary N) is 2. The van der Waals surface area contributed by atoms with Crippen LogP contribution in [-0.2, 0) is 0 Å². The SMILES string of the molecule is CNc1cnccc1C(=O)NCCN1CCCC1. The molecule has 2 heterocycles. The maximum atomic E-state index is 12.0. The molecular formula is C13H20N4O. The molecule has 2 rings (SSSR count). The normalized spacial score (nSPS) is 15.6. The van der Waals surface area contributed by atoms with Crippen LogP contribution in [0.2, 0.25) is 0 Å². The Hall–Kier alpha value is -1.62. The second-order valence-corrected chi connectivity index (χ2v) is 4.48. The van der Waals surface area contributed by atoms with Crippen molar-refractivity contribution in [3.05, 3.63) is 24.0 Å². The molecule has 1 saturated heterocycles. The summed E-state index contributed by atoms with van der Waals surface area (Å²) in [6.45, 7) is 3.95. The smallest absolute Gasteiger partial charge is 0.253 e. The summed E-state index contributed by atoms with van der Waals surface area (Å²) >= 11 is 0. The summed E-state index contributed by atoms with van der Waals surface area (Å²) < 4.78 is 0. The predicted molar refractivity (Wildman–Crippen MR) is 71.8 cm³/mol. The van der Waals surface area contributed by atoms with Gasteiger partial charge in [-0.15, -0.1) is 0 Å². The lowest BCUT2D eigenvalue weighted by atomic mass is 10.2. The van der Waals surface area contributed by atoms with E-state index in [0.29, 0.717) is 12.1 Å². The van der Waals surface area contributed by atoms with E-state index < -0.39 is 0 Å². The van der Waals surface area contributed by atoms with Gasteiger partial charge >= 0.3 is 0 Å². The van der Waals surface area contributed by atoms with E-state index in [9.17, 15) is 4.79 Å². The molecule has 1 aliphatic heterocycles. The monoisotopic (exact) mass is 248 g/mol. The fourth-order valence-corrected chi connectivity index (χ4v) is 2.22. The summed E-state index contributed by atoms with van der Waals surface area (Å²) in [4.78, 5) is 18.4. The van der Waals surface area contributed by atoms with Crippen LogP contribution < -0.4 is 10.6 Å². The zero-order valence-corrected chi connectivity index (χ0v) is 10.8. The third kappa shape index (κ3) is 3.20. The Morgan fingerprint density at radius 2 is 2.22 bits per heavy atom. The average Bonchev–Trinajstić information content (AvgIpc) is 2.91. The molecule has 0 aromatic carbocycles. The number of carbonyl (C=O) groups excluding carboxylic acids is 1. The minimum atomic E-state index is -0.0408. The molecule has 5 heteroatoms. The van der Waals surface area contributed by atoms with E-state index in [2.05, 4.69) is 20.5 Å². The molecule has 1 aromatic rings. The lowest BCUT2D eigenvalue weighted by molar-refractivity contribution is 0.0950. The zero-order valence-electron chi connectivity index (χ0n) is 10.8. The predicted octanol–water partition coefficient (Wildman–Crippen LogP) is 0.949. The number of amides is 1. The number of likely N-dealkylation sites (tertiary alicyclic amines) is 1. The third-order valence-electron chi connectivity index (χ3n) is 3.25. The number of anilines is 1. The first-order valence-corrected chi connectivity index (χ1v) is 6.43. The Balaban J connectivity index is 1.83. The average molecular weight is 248 g/mol. The molecule has 0 aliphatic carbocycles. The van der Waals surface area contributed by atoms with Gasteiger partial charge in [-0.25, -0.2) is 0 Å². The van der Waals surface area contributed by atoms with Gasteiger partial charge in [-0.1, -0.05) is 0 Å². The lowest BCUT2D eigenvalue weighted by Gasteiger charge is -2.15. The highest BCUT2D eigenvalue weighted by Gasteiger charge is 2.13. The fourth-order valence-electron chi connectivity index (χ4n) is 2.22. The van der Waals surface area contributed by atoms with Crippen molar-refractivity contribution in [3.63, 3.8) is 0 Å². The van der Waals surface area contributed by atoms with Gasteiger partial charge in [-0.3, -0.25) is 9.78 Å². The van der Waals surface area contributed by atoms with Crippen LogP contribution in [0.1, 0.15) is 23.2 Å². The summed E-state index contributed by atoms with van der Waals surface area (Å²) in [5, 5.41) is 5.93. The Labute approximate surface area is 108 Å². The molecule has 2 N–H and O–H groups in total. The molecule has 0 spiro atoms. The molecule has 0 radical (unpaired) electrons. The molecule has 5 nitrogen and oxygen atoms in total. The molecule has 0 unspecified atom stereocenters. The van der Waals surface area contributed by atoms with Gasteiger partial charge in [0.15, 0.2) is 0 Å². The van der Waals surface area contributed by atoms with Gasteiger partial charge in [0, 0.05) is 26.3 Å². The van der Waals surface area contributed by atoms with E-state index in [0.717, 1.165) is 25.3 Å². The number of nitrogens with zero attached hydrogens (tertiary/aromatic N) is 2. The van der Waals surface area contributed by atoms with Crippen LogP contribution >= 0.6 is 0 Å². The van der Waals surface area contributed by atoms with Gasteiger partial charge < -0.3 is 15.5 Å². The van der Waals surface area contributed by atoms with Crippen molar-refractivity contribution >= 4 is 11.6 Å². The Bertz CT molecular complexity index is 402. The quantitative estimate of drug-likeness (QED) is 0.814. The first-order chi connectivity index (χ1) is 8.81. The van der Waals surface area contributed by atoms with Crippen LogP contribution in [0.3, 0.4) is 0 Å². The van der Waals surface area contributed by atoms with Crippen molar-refractivity contribution < 1.29 is 4.79 Å². The maximum absolute atomic E-state index is 12.0. The highest BCUT2D eigenvalue weighted by atomic mass is 16.1. The first kappa shape index (κ1) is 12.8. The summed E-state index contributed by atoms with van der Waals surface area (Å²) in [6.07, 6.45) is 5.86. The second-order valence-electron chi connectivity index (χ2n) is 4.48. The number of aromatic nitrogens is 1. The molecule has 0 bridgehead atoms. The number of hydrogen-bond donors (Lipinski definition) is 2. The number of carbonyl (C=O) groups is 1. The number of pyridine rings is 1. The molecule has 1 aromatic heterocycles. The lowest BCUT2D eigenvalue weighted by Crippen LogP contribution is -2.33. The minimum absolute atomic E-state index is 0.0408. The van der Waals surface area contributed by atoms with Crippen molar-refractivity contribution in [3.8, 4) is 0 Å². The topological polar surface area (TPSA) is 57.3 Å². The standard InChI is InChI=1S/C13H20N4O/c1-14-12-10-15-5-4-11(12)13(18)16-6-9-17-7-2-3-8-17/h4-5,10,14H,2-3,6-9H2,1H3,(H,16,18). The molecular weight excluding hydrogens is 228 g/mol. The molecule has 0 atom stereocenters. The van der Waals surface area contributed by atoms with E-state index >= 15 is 0 Å². The van der Waals surface area contributed by atoms with Gasteiger partial charge in [-0.05, 0) is 32.0 Å². The van der Waals surface area contributed by atoms with E-state index in [4.69, 9.17) is 0 Å². The molecule has 1 amide bonds. The van der Waals surface area contributed by atoms with Gasteiger partial charge in [0.25, 0.3) is 5.91 Å². The summed E-state index contributed by atoms with van der Waals surface area (Å²) in [5.74, 6) is -0.0408. The molecule has 98 valence electrons. The third-order valence-corrected chi connectivity index (χ3v) is 3.25. The van der Waals surface area contributed by atoms with Crippen LogP contribution in [0.15, 0.2) is 18.5 Å². The van der Waals surface area contributed by atoms with E-state index in [1.165, 1.54) is 12.8 Å². The molecule has 0 saturated carbocycles. The summed E-state index contributed by atoms with van der Waals surface area (Å²) in [7, 11) is 1.79. The van der Waals surface area contributed by atoms with Gasteiger partial charge in [0.2, 0.25) is 0 Å². The van der Waals surface area contributed by atoms with Crippen molar-refractivity contribution in [2.24, 2.45) is 0 Å². The highest BCUT2D eigenvalue weighted by Crippen LogP contribution is 2.12. The molecule has 1 aliphatic rings. The van der Waals surface area contributed by atoms with Crippen LogP contribution in [0.25, 0.3) is 0 Å². The summed E-state index contributed by atoms with van der Waals surface area (Å²) in [6, 6.07) is 1.73. The van der Waals surface area contributed by atoms with Crippen LogP contribution in [0, 0.1) is 0 Å². The van der Waals surface area contributed by atoms with Crippen molar-refractivity contribution in [2.45, 2.75) is 12.8 Å². The maximum Gasteiger partial charge on any atom is 0.253 e. The zero-order chi connectivity index (χ0) is 12.8. The first-order valence-electron chi connectivity index (χ1n) is 6.43. The Morgan fingerprint density at radius 3 is 2.94 bits per heavy atom. The van der Waals surface area contributed by atoms with Gasteiger partial charge in [0.1, 0.15) is 0 Å². The minimum Gasteiger partial charge on any atom is -0.386 e. The van der Waals surface area contributed by atoms with Crippen LogP contribution in [0.4, 0.5) is 5.69 Å².